The summed E-state index contributed by atoms with van der Waals surface area (Å²) in [6.45, 7) is 8.02. The van der Waals surface area contributed by atoms with Crippen molar-refractivity contribution in [2.24, 2.45) is 0 Å². The van der Waals surface area contributed by atoms with Gasteiger partial charge in [0.25, 0.3) is 14.1 Å². The Morgan fingerprint density at radius 3 is 2.00 bits per heavy atom. The van der Waals surface area contributed by atoms with Gasteiger partial charge in [0.1, 0.15) is 42.0 Å². The maximum absolute atomic E-state index is 17.4. The average Bonchev–Trinajstić information content (AvgIpc) is 3.54. The molecule has 59 heavy (non-hydrogen) atoms. The minimum Gasteiger partial charge on any atom is -0.497 e. The number of halogens is 1. The SMILES string of the molecule is C#CCO[C@@H]1CSSC[C@@H]1OP(OC1C(COC(c2ccccc2)(c2ccc(OC)cc2)c2ccc(OC)cc2)O[C@@H](n2ccc(=O)[nH]c2=O)[C@@H]1F)N(C(C)C)C(C)C. The molecule has 2 aliphatic rings. The molecule has 6 rings (SSSR count). The summed E-state index contributed by atoms with van der Waals surface area (Å²) < 4.78 is 65.0. The molecule has 0 spiro atoms. The quantitative estimate of drug-likeness (QED) is 0.0467. The Hall–Kier alpha value is -3.68. The predicted molar refractivity (Wildman–Crippen MR) is 231 cm³/mol. The largest absolute Gasteiger partial charge is 0.497 e. The molecule has 2 fully saturated rings. The highest BCUT2D eigenvalue weighted by atomic mass is 33.1. The highest BCUT2D eigenvalue weighted by Crippen LogP contribution is 2.53. The fourth-order valence-electron chi connectivity index (χ4n) is 7.27. The number of alkyl halides is 1. The summed E-state index contributed by atoms with van der Waals surface area (Å²) in [4.78, 5) is 27.5. The molecule has 12 nitrogen and oxygen atoms in total. The monoisotopic (exact) mass is 867 g/mol. The van der Waals surface area contributed by atoms with E-state index in [2.05, 4.69) is 15.6 Å². The smallest absolute Gasteiger partial charge is 0.330 e. The molecule has 1 aromatic heterocycles. The third-order valence-corrected chi connectivity index (χ3v) is 14.6. The van der Waals surface area contributed by atoms with Crippen molar-refractivity contribution in [3.05, 3.63) is 129 Å². The molecule has 3 heterocycles. The van der Waals surface area contributed by atoms with Gasteiger partial charge in [-0.2, -0.15) is 0 Å². The van der Waals surface area contributed by atoms with Gasteiger partial charge >= 0.3 is 5.69 Å². The summed E-state index contributed by atoms with van der Waals surface area (Å²) >= 11 is 0. The molecule has 0 amide bonds. The first-order valence-corrected chi connectivity index (χ1v) is 22.9. The summed E-state index contributed by atoms with van der Waals surface area (Å²) in [5.41, 5.74) is -0.401. The summed E-state index contributed by atoms with van der Waals surface area (Å²) in [7, 11) is 4.55. The number of methoxy groups -OCH3 is 2. The number of rotatable bonds is 18. The number of benzene rings is 3. The molecular weight excluding hydrogens is 817 g/mol. The van der Waals surface area contributed by atoms with E-state index in [-0.39, 0.29) is 31.4 Å². The third kappa shape index (κ3) is 10.3. The number of aromatic nitrogens is 2. The standard InChI is InChI=1S/C43H51FN3O9PS2/c1-8-24-52-36-26-58-59-27-37(36)55-57(47(28(2)3)29(4)5)56-40-35(54-41(39(40)44)46-23-22-38(48)45-42(46)49)25-53-43(30-12-10-9-11-13-30,31-14-18-33(50-6)19-15-31)32-16-20-34(51-7)21-17-32/h1,9-23,28-29,35-37,39-41H,24-27H2,2-7H3,(H,45,48,49)/t35?,36-,37+,39-,40?,41-,57?/m1/s1. The van der Waals surface area contributed by atoms with Crippen LogP contribution in [0.15, 0.2) is 101 Å². The second-order valence-corrected chi connectivity index (χ2v) is 18.4. The van der Waals surface area contributed by atoms with Crippen LogP contribution in [0.2, 0.25) is 0 Å². The van der Waals surface area contributed by atoms with Crippen LogP contribution in [-0.2, 0) is 28.9 Å². The van der Waals surface area contributed by atoms with Crippen LogP contribution in [0.3, 0.4) is 0 Å². The number of terminal acetylenes is 1. The van der Waals surface area contributed by atoms with Crippen molar-refractivity contribution in [3.8, 4) is 23.8 Å². The van der Waals surface area contributed by atoms with Gasteiger partial charge in [-0.15, -0.1) is 6.42 Å². The van der Waals surface area contributed by atoms with Crippen molar-refractivity contribution in [2.75, 3.05) is 38.9 Å². The van der Waals surface area contributed by atoms with E-state index < -0.39 is 56.1 Å². The van der Waals surface area contributed by atoms with Crippen molar-refractivity contribution in [3.63, 3.8) is 0 Å². The van der Waals surface area contributed by atoms with E-state index in [4.69, 9.17) is 39.2 Å². The Morgan fingerprint density at radius 1 is 0.881 bits per heavy atom. The van der Waals surface area contributed by atoms with Crippen molar-refractivity contribution in [2.45, 2.75) is 82.2 Å². The molecule has 2 saturated heterocycles. The van der Waals surface area contributed by atoms with Gasteiger partial charge in [0.2, 0.25) is 0 Å². The molecule has 0 radical (unpaired) electrons. The van der Waals surface area contributed by atoms with E-state index in [1.54, 1.807) is 35.8 Å². The second-order valence-electron chi connectivity index (χ2n) is 14.5. The Labute approximate surface area is 353 Å². The Balaban J connectivity index is 1.44. The summed E-state index contributed by atoms with van der Waals surface area (Å²) in [5, 5.41) is 0. The summed E-state index contributed by atoms with van der Waals surface area (Å²) in [6, 6.07) is 25.8. The minimum absolute atomic E-state index is 0.0691. The molecule has 0 saturated carbocycles. The first kappa shape index (κ1) is 44.9. The van der Waals surface area contributed by atoms with Crippen molar-refractivity contribution in [1.82, 2.24) is 14.2 Å². The predicted octanol–water partition coefficient (Wildman–Crippen LogP) is 7.33. The molecule has 4 aromatic rings. The van der Waals surface area contributed by atoms with Crippen LogP contribution in [0.4, 0.5) is 4.39 Å². The Kier molecular flexibility index (Phi) is 15.8. The lowest BCUT2D eigenvalue weighted by atomic mass is 9.80. The zero-order valence-corrected chi connectivity index (χ0v) is 36.4. The van der Waals surface area contributed by atoms with Gasteiger partial charge in [-0.1, -0.05) is 82.1 Å². The number of nitrogens with one attached hydrogen (secondary N) is 1. The lowest BCUT2D eigenvalue weighted by Crippen LogP contribution is -2.43. The van der Waals surface area contributed by atoms with Crippen LogP contribution in [0, 0.1) is 12.3 Å². The summed E-state index contributed by atoms with van der Waals surface area (Å²) in [6.07, 6.45) is 0.280. The second kappa shape index (κ2) is 20.7. The van der Waals surface area contributed by atoms with Crippen LogP contribution in [-0.4, -0.2) is 95.8 Å². The maximum atomic E-state index is 17.4. The van der Waals surface area contributed by atoms with E-state index in [0.717, 1.165) is 27.3 Å². The molecule has 0 aliphatic carbocycles. The molecular formula is C43H51FN3O9PS2. The molecule has 1 N–H and O–H groups in total. The van der Waals surface area contributed by atoms with E-state index in [1.165, 1.54) is 6.20 Å². The molecule has 2 aliphatic heterocycles. The number of ether oxygens (including phenoxy) is 5. The Bertz CT molecular complexity index is 2050. The first-order chi connectivity index (χ1) is 28.5. The molecule has 3 aromatic carbocycles. The van der Waals surface area contributed by atoms with Gasteiger partial charge in [0.05, 0.1) is 26.9 Å². The molecule has 16 heteroatoms. The van der Waals surface area contributed by atoms with Crippen LogP contribution in [0.25, 0.3) is 0 Å². The maximum Gasteiger partial charge on any atom is 0.330 e. The zero-order chi connectivity index (χ0) is 42.1. The number of hydrogen-bond acceptors (Lipinski definition) is 12. The Morgan fingerprint density at radius 2 is 1.46 bits per heavy atom. The van der Waals surface area contributed by atoms with Gasteiger partial charge in [0.15, 0.2) is 12.4 Å². The lowest BCUT2D eigenvalue weighted by Gasteiger charge is -2.41. The van der Waals surface area contributed by atoms with Gasteiger partial charge < -0.3 is 32.7 Å². The van der Waals surface area contributed by atoms with E-state index >= 15 is 4.39 Å². The molecule has 316 valence electrons. The van der Waals surface area contributed by atoms with Crippen molar-refractivity contribution >= 4 is 30.1 Å². The number of nitrogens with zero attached hydrogens (tertiary/aromatic N) is 2. The number of H-pyrrole nitrogens is 1. The van der Waals surface area contributed by atoms with E-state index in [0.29, 0.717) is 23.0 Å². The van der Waals surface area contributed by atoms with Crippen LogP contribution >= 0.6 is 30.1 Å². The van der Waals surface area contributed by atoms with Crippen molar-refractivity contribution in [1.29, 1.82) is 0 Å². The highest BCUT2D eigenvalue weighted by molar-refractivity contribution is 8.76. The molecule has 0 bridgehead atoms. The van der Waals surface area contributed by atoms with Crippen LogP contribution in [0.1, 0.15) is 50.6 Å². The fraction of sp³-hybridized carbons (Fsp3) is 0.442. The van der Waals surface area contributed by atoms with Crippen LogP contribution < -0.4 is 20.7 Å². The van der Waals surface area contributed by atoms with E-state index in [9.17, 15) is 9.59 Å². The molecule has 3 unspecified atom stereocenters. The fourth-order valence-corrected chi connectivity index (χ4v) is 11.7. The van der Waals surface area contributed by atoms with Gasteiger partial charge in [-0.3, -0.25) is 14.3 Å². The van der Waals surface area contributed by atoms with Crippen molar-refractivity contribution < 1.29 is 37.1 Å². The highest BCUT2D eigenvalue weighted by Gasteiger charge is 2.52. The zero-order valence-electron chi connectivity index (χ0n) is 33.9. The number of aromatic amines is 1. The first-order valence-electron chi connectivity index (χ1n) is 19.3. The van der Waals surface area contributed by atoms with Gasteiger partial charge in [-0.25, -0.2) is 13.9 Å². The minimum atomic E-state index is -1.98. The van der Waals surface area contributed by atoms with Gasteiger partial charge in [-0.05, 0) is 68.7 Å². The van der Waals surface area contributed by atoms with Crippen LogP contribution in [0.5, 0.6) is 11.5 Å². The van der Waals surface area contributed by atoms with Gasteiger partial charge in [0, 0.05) is 35.9 Å². The average molecular weight is 868 g/mol. The summed E-state index contributed by atoms with van der Waals surface area (Å²) in [5.74, 6) is 5.10. The lowest BCUT2D eigenvalue weighted by molar-refractivity contribution is -0.0942. The number of hydrogen-bond donors (Lipinski definition) is 1. The molecule has 7 atom stereocenters. The third-order valence-electron chi connectivity index (χ3n) is 10.1. The topological polar surface area (TPSA) is 123 Å². The normalized spacial score (nSPS) is 22.7. The van der Waals surface area contributed by atoms with E-state index in [1.807, 2.05) is 107 Å².